The predicted molar refractivity (Wildman–Crippen MR) is 114 cm³/mol. The van der Waals surface area contributed by atoms with Crippen molar-refractivity contribution in [2.75, 3.05) is 47.6 Å². The van der Waals surface area contributed by atoms with E-state index in [1.807, 2.05) is 13.0 Å². The Morgan fingerprint density at radius 2 is 2.06 bits per heavy atom. The van der Waals surface area contributed by atoms with Crippen LogP contribution >= 0.6 is 0 Å². The zero-order chi connectivity index (χ0) is 21.8. The molecular formula is C19H24FN9O2. The van der Waals surface area contributed by atoms with Crippen LogP contribution in [-0.4, -0.2) is 62.4 Å². The van der Waals surface area contributed by atoms with Crippen LogP contribution in [0.15, 0.2) is 30.6 Å². The second kappa shape index (κ2) is 9.10. The monoisotopic (exact) mass is 429 g/mol. The largest absolute Gasteiger partial charge is 0.378 e. The van der Waals surface area contributed by atoms with Gasteiger partial charge in [0.1, 0.15) is 24.2 Å². The van der Waals surface area contributed by atoms with E-state index in [0.717, 1.165) is 18.8 Å². The van der Waals surface area contributed by atoms with Crippen LogP contribution in [0.4, 0.5) is 33.5 Å². The average molecular weight is 429 g/mol. The fourth-order valence-corrected chi connectivity index (χ4v) is 3.10. The summed E-state index contributed by atoms with van der Waals surface area (Å²) in [6.45, 7) is 4.53. The molecule has 3 heterocycles. The van der Waals surface area contributed by atoms with Crippen molar-refractivity contribution in [1.82, 2.24) is 24.7 Å². The maximum atomic E-state index is 14.7. The Bertz CT molecular complexity index is 1040. The van der Waals surface area contributed by atoms with E-state index in [2.05, 4.69) is 35.6 Å². The Hall–Kier alpha value is -3.51. The van der Waals surface area contributed by atoms with Gasteiger partial charge in [-0.15, -0.1) is 5.10 Å². The molecule has 0 amide bonds. The first kappa shape index (κ1) is 20.8. The van der Waals surface area contributed by atoms with Crippen molar-refractivity contribution in [2.45, 2.75) is 19.6 Å². The van der Waals surface area contributed by atoms with Gasteiger partial charge >= 0.3 is 0 Å². The van der Waals surface area contributed by atoms with Gasteiger partial charge in [0.2, 0.25) is 11.9 Å². The average Bonchev–Trinajstić information content (AvgIpc) is 3.16. The summed E-state index contributed by atoms with van der Waals surface area (Å²) in [5.41, 5.74) is 6.99. The fourth-order valence-electron chi connectivity index (χ4n) is 3.10. The Morgan fingerprint density at radius 1 is 1.26 bits per heavy atom. The first-order valence-electron chi connectivity index (χ1n) is 9.92. The second-order valence-corrected chi connectivity index (χ2v) is 6.92. The molecule has 0 aliphatic carbocycles. The number of anilines is 5. The summed E-state index contributed by atoms with van der Waals surface area (Å²) in [7, 11) is 0. The highest BCUT2D eigenvalue weighted by Gasteiger charge is 2.16. The van der Waals surface area contributed by atoms with Gasteiger partial charge in [-0.25, -0.2) is 14.4 Å². The molecule has 1 aliphatic heterocycles. The summed E-state index contributed by atoms with van der Waals surface area (Å²) in [6, 6.07) is 6.51. The highest BCUT2D eigenvalue weighted by atomic mass is 19.1. The molecule has 164 valence electrons. The standard InChI is InChI=1S/C19H24FN9O2/c1-2-17(30)25-15-10-16(23-11-22-15)29-18(21)26-19(27-29)24-14-4-3-12(9-13(14)20)28-5-7-31-8-6-28/h3-4,9-11,17,30H,2,5-8H2,1H3,(H,22,23,25)(H3,21,24,26,27)/t17-/m1/s1. The zero-order valence-corrected chi connectivity index (χ0v) is 17.0. The van der Waals surface area contributed by atoms with Gasteiger partial charge in [-0.1, -0.05) is 6.92 Å². The number of hydrogen-bond donors (Lipinski definition) is 4. The highest BCUT2D eigenvalue weighted by molar-refractivity contribution is 5.61. The van der Waals surface area contributed by atoms with Crippen molar-refractivity contribution >= 4 is 29.1 Å². The summed E-state index contributed by atoms with van der Waals surface area (Å²) < 4.78 is 21.3. The molecule has 1 aromatic carbocycles. The topological polar surface area (TPSA) is 139 Å². The molecule has 5 N–H and O–H groups in total. The Balaban J connectivity index is 1.51. The van der Waals surface area contributed by atoms with E-state index in [1.165, 1.54) is 17.1 Å². The van der Waals surface area contributed by atoms with E-state index in [9.17, 15) is 9.50 Å². The van der Waals surface area contributed by atoms with Gasteiger partial charge < -0.3 is 31.1 Å². The molecule has 0 bridgehead atoms. The van der Waals surface area contributed by atoms with E-state index in [0.29, 0.717) is 31.3 Å². The zero-order valence-electron chi connectivity index (χ0n) is 17.0. The summed E-state index contributed by atoms with van der Waals surface area (Å²) in [6.07, 6.45) is 1.09. The van der Waals surface area contributed by atoms with Crippen LogP contribution in [0.5, 0.6) is 0 Å². The van der Waals surface area contributed by atoms with E-state index >= 15 is 0 Å². The van der Waals surface area contributed by atoms with Crippen LogP contribution in [0.25, 0.3) is 5.82 Å². The number of nitrogens with one attached hydrogen (secondary N) is 2. The number of aliphatic hydroxyl groups is 1. The first-order valence-corrected chi connectivity index (χ1v) is 9.92. The van der Waals surface area contributed by atoms with Crippen LogP contribution < -0.4 is 21.3 Å². The SMILES string of the molecule is CC[C@@H](O)Nc1cc(-n2nc(Nc3ccc(N4CCOCC4)cc3F)nc2N)ncn1. The molecule has 11 nitrogen and oxygen atoms in total. The number of morpholine rings is 1. The Labute approximate surface area is 178 Å². The second-order valence-electron chi connectivity index (χ2n) is 6.92. The van der Waals surface area contributed by atoms with Gasteiger partial charge in [0.15, 0.2) is 5.82 Å². The van der Waals surface area contributed by atoms with Crippen LogP contribution in [-0.2, 0) is 4.74 Å². The van der Waals surface area contributed by atoms with Gasteiger partial charge in [-0.3, -0.25) is 0 Å². The number of benzene rings is 1. The number of aliphatic hydroxyl groups excluding tert-OH is 1. The number of ether oxygens (including phenoxy) is 1. The van der Waals surface area contributed by atoms with Crippen molar-refractivity contribution in [3.05, 3.63) is 36.4 Å². The summed E-state index contributed by atoms with van der Waals surface area (Å²) >= 11 is 0. The molecule has 12 heteroatoms. The number of nitrogen functional groups attached to an aromatic ring is 1. The molecule has 1 atom stereocenters. The lowest BCUT2D eigenvalue weighted by molar-refractivity contribution is 0.122. The van der Waals surface area contributed by atoms with Gasteiger partial charge in [0.05, 0.1) is 18.9 Å². The number of hydrogen-bond acceptors (Lipinski definition) is 10. The molecule has 0 radical (unpaired) electrons. The van der Waals surface area contributed by atoms with Crippen molar-refractivity contribution < 1.29 is 14.2 Å². The maximum Gasteiger partial charge on any atom is 0.248 e. The number of halogens is 1. The lowest BCUT2D eigenvalue weighted by Gasteiger charge is -2.29. The molecule has 1 fully saturated rings. The van der Waals surface area contributed by atoms with Crippen molar-refractivity contribution in [3.8, 4) is 5.82 Å². The molecule has 1 saturated heterocycles. The molecular weight excluding hydrogens is 405 g/mol. The van der Waals surface area contributed by atoms with E-state index < -0.39 is 12.0 Å². The summed E-state index contributed by atoms with van der Waals surface area (Å²) in [4.78, 5) is 14.4. The molecule has 0 unspecified atom stereocenters. The third kappa shape index (κ3) is 4.81. The van der Waals surface area contributed by atoms with Gasteiger partial charge in [-0.05, 0) is 24.6 Å². The quantitative estimate of drug-likeness (QED) is 0.409. The van der Waals surface area contributed by atoms with Gasteiger partial charge in [0.25, 0.3) is 0 Å². The van der Waals surface area contributed by atoms with Crippen molar-refractivity contribution in [1.29, 1.82) is 0 Å². The smallest absolute Gasteiger partial charge is 0.248 e. The summed E-state index contributed by atoms with van der Waals surface area (Å²) in [5, 5.41) is 19.7. The highest BCUT2D eigenvalue weighted by Crippen LogP contribution is 2.25. The van der Waals surface area contributed by atoms with Crippen molar-refractivity contribution in [3.63, 3.8) is 0 Å². The first-order chi connectivity index (χ1) is 15.0. The molecule has 31 heavy (non-hydrogen) atoms. The summed E-state index contributed by atoms with van der Waals surface area (Å²) in [5.74, 6) is 0.516. The lowest BCUT2D eigenvalue weighted by Crippen LogP contribution is -2.36. The van der Waals surface area contributed by atoms with Crippen LogP contribution in [0.3, 0.4) is 0 Å². The number of rotatable bonds is 7. The van der Waals surface area contributed by atoms with E-state index in [-0.39, 0.29) is 17.6 Å². The number of nitrogens with two attached hydrogens (primary N) is 1. The molecule has 4 rings (SSSR count). The molecule has 1 aliphatic rings. The Morgan fingerprint density at radius 3 is 2.81 bits per heavy atom. The van der Waals surface area contributed by atoms with E-state index in [1.54, 1.807) is 12.1 Å². The molecule has 0 spiro atoms. The van der Waals surface area contributed by atoms with Crippen LogP contribution in [0, 0.1) is 5.82 Å². The van der Waals surface area contributed by atoms with Gasteiger partial charge in [0, 0.05) is 24.8 Å². The van der Waals surface area contributed by atoms with Crippen LogP contribution in [0.1, 0.15) is 13.3 Å². The number of nitrogens with zero attached hydrogens (tertiary/aromatic N) is 6. The minimum Gasteiger partial charge on any atom is -0.378 e. The lowest BCUT2D eigenvalue weighted by atomic mass is 10.2. The molecule has 3 aromatic rings. The Kier molecular flexibility index (Phi) is 6.09. The third-order valence-corrected chi connectivity index (χ3v) is 4.78. The predicted octanol–water partition coefficient (Wildman–Crippen LogP) is 1.50. The van der Waals surface area contributed by atoms with Gasteiger partial charge in [-0.2, -0.15) is 9.67 Å². The fraction of sp³-hybridized carbons (Fsp3) is 0.368. The van der Waals surface area contributed by atoms with E-state index in [4.69, 9.17) is 10.5 Å². The number of aromatic nitrogens is 5. The minimum absolute atomic E-state index is 0.0635. The van der Waals surface area contributed by atoms with Crippen LogP contribution in [0.2, 0.25) is 0 Å². The third-order valence-electron chi connectivity index (χ3n) is 4.78. The normalized spacial score (nSPS) is 15.0. The maximum absolute atomic E-state index is 14.7. The minimum atomic E-state index is -0.739. The molecule has 0 saturated carbocycles. The van der Waals surface area contributed by atoms with Crippen molar-refractivity contribution in [2.24, 2.45) is 0 Å². The molecule has 2 aromatic heterocycles.